The highest BCUT2D eigenvalue weighted by atomic mass is 16.4. The van der Waals surface area contributed by atoms with Gasteiger partial charge in [0.1, 0.15) is 6.04 Å². The van der Waals surface area contributed by atoms with Gasteiger partial charge in [-0.1, -0.05) is 13.3 Å². The molecule has 0 radical (unpaired) electrons. The Morgan fingerprint density at radius 1 is 1.56 bits per heavy atom. The summed E-state index contributed by atoms with van der Waals surface area (Å²) in [5, 5.41) is 16.5. The second kappa shape index (κ2) is 6.83. The van der Waals surface area contributed by atoms with Crippen molar-refractivity contribution in [2.45, 2.75) is 44.7 Å². The molecule has 4 N–H and O–H groups in total. The molecule has 1 heterocycles. The Morgan fingerprint density at radius 3 is 2.78 bits per heavy atom. The second-order valence-corrected chi connectivity index (χ2v) is 4.34. The average molecular weight is 257 g/mol. The molecule has 7 heteroatoms. The molecule has 0 saturated carbocycles. The third-order valence-electron chi connectivity index (χ3n) is 2.77. The summed E-state index contributed by atoms with van der Waals surface area (Å²) in [7, 11) is 0. The third-order valence-corrected chi connectivity index (χ3v) is 2.77. The highest BCUT2D eigenvalue weighted by Crippen LogP contribution is 2.04. The van der Waals surface area contributed by atoms with Crippen LogP contribution in [-0.2, 0) is 9.59 Å². The number of nitrogens with one attached hydrogen (secondary N) is 3. The number of amides is 3. The molecule has 1 fully saturated rings. The topological polar surface area (TPSA) is 108 Å². The van der Waals surface area contributed by atoms with E-state index < -0.39 is 18.0 Å². The molecule has 1 unspecified atom stereocenters. The van der Waals surface area contributed by atoms with Crippen molar-refractivity contribution >= 4 is 17.9 Å². The van der Waals surface area contributed by atoms with E-state index in [1.165, 1.54) is 0 Å². The Kier molecular flexibility index (Phi) is 5.41. The van der Waals surface area contributed by atoms with E-state index in [0.717, 1.165) is 0 Å². The fourth-order valence-corrected chi connectivity index (χ4v) is 1.80. The number of carboxylic acids is 1. The van der Waals surface area contributed by atoms with Crippen LogP contribution in [0.3, 0.4) is 0 Å². The van der Waals surface area contributed by atoms with E-state index in [1.807, 2.05) is 6.92 Å². The molecule has 7 nitrogen and oxygen atoms in total. The first-order valence-electron chi connectivity index (χ1n) is 6.09. The van der Waals surface area contributed by atoms with Crippen LogP contribution in [0.1, 0.15) is 32.6 Å². The van der Waals surface area contributed by atoms with Crippen LogP contribution in [0.4, 0.5) is 4.79 Å². The molecular formula is C11H19N3O4. The predicted octanol–water partition coefficient (Wildman–Crippen LogP) is -0.182. The number of aliphatic carboxylic acids is 1. The summed E-state index contributed by atoms with van der Waals surface area (Å²) < 4.78 is 0. The van der Waals surface area contributed by atoms with Crippen molar-refractivity contribution in [2.75, 3.05) is 6.54 Å². The monoisotopic (exact) mass is 257 g/mol. The molecule has 0 aromatic heterocycles. The first-order chi connectivity index (χ1) is 8.52. The summed E-state index contributed by atoms with van der Waals surface area (Å²) in [4.78, 5) is 33.2. The van der Waals surface area contributed by atoms with Gasteiger partial charge in [0.2, 0.25) is 5.91 Å². The fraction of sp³-hybridized carbons (Fsp3) is 0.727. The van der Waals surface area contributed by atoms with Gasteiger partial charge >= 0.3 is 12.0 Å². The largest absolute Gasteiger partial charge is 0.480 e. The molecule has 2 atom stereocenters. The van der Waals surface area contributed by atoms with Crippen LogP contribution in [-0.4, -0.2) is 41.6 Å². The molecule has 3 amide bonds. The maximum atomic E-state index is 11.5. The number of carbonyl (C=O) groups is 3. The normalized spacial score (nSPS) is 20.1. The van der Waals surface area contributed by atoms with Crippen LogP contribution in [0.5, 0.6) is 0 Å². The van der Waals surface area contributed by atoms with Gasteiger partial charge in [0.25, 0.3) is 0 Å². The maximum absolute atomic E-state index is 11.5. The summed E-state index contributed by atoms with van der Waals surface area (Å²) in [6, 6.07) is -1.44. The van der Waals surface area contributed by atoms with Gasteiger partial charge in [-0.2, -0.15) is 0 Å². The van der Waals surface area contributed by atoms with Gasteiger partial charge in [-0.3, -0.25) is 4.79 Å². The van der Waals surface area contributed by atoms with Crippen LogP contribution in [0.2, 0.25) is 0 Å². The molecule has 1 saturated heterocycles. The lowest BCUT2D eigenvalue weighted by Gasteiger charge is -2.16. The van der Waals surface area contributed by atoms with Crippen LogP contribution in [0.15, 0.2) is 0 Å². The number of carboxylic acid groups (broad SMARTS) is 1. The van der Waals surface area contributed by atoms with E-state index in [9.17, 15) is 14.4 Å². The van der Waals surface area contributed by atoms with Crippen molar-refractivity contribution in [3.63, 3.8) is 0 Å². The van der Waals surface area contributed by atoms with E-state index in [-0.39, 0.29) is 11.9 Å². The average Bonchev–Trinajstić information content (AvgIpc) is 2.72. The molecular weight excluding hydrogens is 238 g/mol. The Hall–Kier alpha value is -1.79. The fourth-order valence-electron chi connectivity index (χ4n) is 1.80. The number of rotatable bonds is 6. The molecule has 0 aliphatic carbocycles. The quantitative estimate of drug-likeness (QED) is 0.529. The lowest BCUT2D eigenvalue weighted by Crippen LogP contribution is -2.48. The van der Waals surface area contributed by atoms with Crippen molar-refractivity contribution in [3.05, 3.63) is 0 Å². The standard InChI is InChI=1S/C11H19N3O4/c1-2-3-8(10(16)17)14-11(18)12-6-7-4-5-9(15)13-7/h7-8H,2-6H2,1H3,(H,13,15)(H,16,17)(H2,12,14,18)/t7?,8-/m1/s1. The third kappa shape index (κ3) is 4.60. The van der Waals surface area contributed by atoms with Crippen molar-refractivity contribution < 1.29 is 19.5 Å². The van der Waals surface area contributed by atoms with Crippen LogP contribution in [0.25, 0.3) is 0 Å². The van der Waals surface area contributed by atoms with Gasteiger partial charge in [0.15, 0.2) is 0 Å². The predicted molar refractivity (Wildman–Crippen MR) is 64.0 cm³/mol. The Labute approximate surface area is 105 Å². The summed E-state index contributed by atoms with van der Waals surface area (Å²) in [5.41, 5.74) is 0. The molecule has 1 rings (SSSR count). The lowest BCUT2D eigenvalue weighted by atomic mass is 10.2. The highest BCUT2D eigenvalue weighted by Gasteiger charge is 2.22. The summed E-state index contributed by atoms with van der Waals surface area (Å²) in [5.74, 6) is -1.06. The van der Waals surface area contributed by atoms with Gasteiger partial charge in [-0.05, 0) is 12.8 Å². The van der Waals surface area contributed by atoms with Gasteiger partial charge in [-0.25, -0.2) is 9.59 Å². The first-order valence-corrected chi connectivity index (χ1v) is 6.09. The van der Waals surface area contributed by atoms with Crippen molar-refractivity contribution in [3.8, 4) is 0 Å². The molecule has 1 aliphatic rings. The van der Waals surface area contributed by atoms with E-state index in [2.05, 4.69) is 16.0 Å². The number of urea groups is 1. The maximum Gasteiger partial charge on any atom is 0.326 e. The van der Waals surface area contributed by atoms with E-state index in [1.54, 1.807) is 0 Å². The zero-order valence-corrected chi connectivity index (χ0v) is 10.4. The molecule has 1 aliphatic heterocycles. The van der Waals surface area contributed by atoms with E-state index >= 15 is 0 Å². The van der Waals surface area contributed by atoms with Crippen LogP contribution in [0, 0.1) is 0 Å². The summed E-state index contributed by atoms with van der Waals surface area (Å²) in [6.45, 7) is 2.17. The van der Waals surface area contributed by atoms with Gasteiger partial charge < -0.3 is 21.1 Å². The van der Waals surface area contributed by atoms with E-state index in [4.69, 9.17) is 5.11 Å². The van der Waals surface area contributed by atoms with Gasteiger partial charge in [0.05, 0.1) is 0 Å². The summed E-state index contributed by atoms with van der Waals surface area (Å²) >= 11 is 0. The smallest absolute Gasteiger partial charge is 0.326 e. The van der Waals surface area contributed by atoms with Crippen LogP contribution < -0.4 is 16.0 Å². The molecule has 102 valence electrons. The van der Waals surface area contributed by atoms with Gasteiger partial charge in [0, 0.05) is 19.0 Å². The SMILES string of the molecule is CCC[C@@H](NC(=O)NCC1CCC(=O)N1)C(=O)O. The highest BCUT2D eigenvalue weighted by molar-refractivity contribution is 5.82. The molecule has 0 aromatic rings. The lowest BCUT2D eigenvalue weighted by molar-refractivity contribution is -0.139. The van der Waals surface area contributed by atoms with Crippen LogP contribution >= 0.6 is 0 Å². The van der Waals surface area contributed by atoms with E-state index in [0.29, 0.717) is 32.2 Å². The zero-order valence-electron chi connectivity index (χ0n) is 10.4. The number of carbonyl (C=O) groups excluding carboxylic acids is 2. The van der Waals surface area contributed by atoms with Crippen molar-refractivity contribution in [1.29, 1.82) is 0 Å². The Balaban J connectivity index is 2.27. The van der Waals surface area contributed by atoms with Crippen molar-refractivity contribution in [2.24, 2.45) is 0 Å². The minimum atomic E-state index is -1.04. The molecule has 0 spiro atoms. The molecule has 0 bridgehead atoms. The van der Waals surface area contributed by atoms with Crippen molar-refractivity contribution in [1.82, 2.24) is 16.0 Å². The number of hydrogen-bond donors (Lipinski definition) is 4. The molecule has 18 heavy (non-hydrogen) atoms. The second-order valence-electron chi connectivity index (χ2n) is 4.34. The minimum Gasteiger partial charge on any atom is -0.480 e. The summed E-state index contributed by atoms with van der Waals surface area (Å²) in [6.07, 6.45) is 2.23. The Morgan fingerprint density at radius 2 is 2.28 bits per heavy atom. The Bertz CT molecular complexity index is 332. The zero-order chi connectivity index (χ0) is 13.5. The number of hydrogen-bond acceptors (Lipinski definition) is 3. The molecule has 0 aromatic carbocycles. The van der Waals surface area contributed by atoms with Gasteiger partial charge in [-0.15, -0.1) is 0 Å². The minimum absolute atomic E-state index is 0.0170. The first kappa shape index (κ1) is 14.3.